The highest BCUT2D eigenvalue weighted by Crippen LogP contribution is 2.36. The van der Waals surface area contributed by atoms with E-state index in [0.29, 0.717) is 19.0 Å². The summed E-state index contributed by atoms with van der Waals surface area (Å²) >= 11 is 0. The van der Waals surface area contributed by atoms with E-state index in [1.807, 2.05) is 35.0 Å². The number of rotatable bonds is 6. The molecule has 8 nitrogen and oxygen atoms in total. The molecule has 1 aliphatic rings. The maximum absolute atomic E-state index is 13.0. The van der Waals surface area contributed by atoms with Gasteiger partial charge in [0.05, 0.1) is 23.0 Å². The number of halogens is 3. The Morgan fingerprint density at radius 2 is 1.86 bits per heavy atom. The molecule has 11 heteroatoms. The van der Waals surface area contributed by atoms with Crippen molar-refractivity contribution in [2.75, 3.05) is 31.1 Å². The normalized spacial score (nSPS) is 14.4. The molecule has 186 valence electrons. The third kappa shape index (κ3) is 5.17. The Labute approximate surface area is 204 Å². The third-order valence-electron chi connectivity index (χ3n) is 6.12. The fourth-order valence-electron chi connectivity index (χ4n) is 4.31. The van der Waals surface area contributed by atoms with E-state index in [0.717, 1.165) is 28.6 Å². The van der Waals surface area contributed by atoms with Crippen LogP contribution in [0.2, 0.25) is 0 Å². The molecule has 1 fully saturated rings. The van der Waals surface area contributed by atoms with Gasteiger partial charge in [0.25, 0.3) is 5.69 Å². The van der Waals surface area contributed by atoms with Crippen molar-refractivity contribution in [2.45, 2.75) is 19.1 Å². The Morgan fingerprint density at radius 3 is 2.53 bits per heavy atom. The van der Waals surface area contributed by atoms with Gasteiger partial charge >= 0.3 is 6.18 Å². The molecule has 1 amide bonds. The van der Waals surface area contributed by atoms with Crippen LogP contribution in [0.1, 0.15) is 17.5 Å². The monoisotopic (exact) mass is 497 g/mol. The summed E-state index contributed by atoms with van der Waals surface area (Å²) in [4.78, 5) is 26.6. The number of anilines is 1. The van der Waals surface area contributed by atoms with Gasteiger partial charge in [0.15, 0.2) is 0 Å². The smallest absolute Gasteiger partial charge is 0.362 e. The van der Waals surface area contributed by atoms with Crippen LogP contribution in [0.15, 0.2) is 54.7 Å². The van der Waals surface area contributed by atoms with E-state index < -0.39 is 22.4 Å². The van der Waals surface area contributed by atoms with E-state index in [1.54, 1.807) is 15.9 Å². The van der Waals surface area contributed by atoms with Gasteiger partial charge in [0.1, 0.15) is 5.69 Å². The first-order valence-electron chi connectivity index (χ1n) is 11.2. The van der Waals surface area contributed by atoms with Crippen LogP contribution in [0.3, 0.4) is 0 Å². The molecule has 4 rings (SSSR count). The summed E-state index contributed by atoms with van der Waals surface area (Å²) in [7, 11) is 0. The van der Waals surface area contributed by atoms with E-state index in [2.05, 4.69) is 6.07 Å². The zero-order valence-electron chi connectivity index (χ0n) is 19.1. The number of benzene rings is 2. The number of alkyl halides is 3. The van der Waals surface area contributed by atoms with Crippen molar-refractivity contribution in [3.05, 3.63) is 76.0 Å². The molecule has 0 aliphatic carbocycles. The van der Waals surface area contributed by atoms with Crippen LogP contribution in [0, 0.1) is 21.4 Å². The minimum Gasteiger partial charge on any atom is -0.362 e. The Hall–Kier alpha value is -4.33. The number of piperazine rings is 1. The van der Waals surface area contributed by atoms with E-state index in [9.17, 15) is 28.1 Å². The van der Waals surface area contributed by atoms with Crippen molar-refractivity contribution in [3.63, 3.8) is 0 Å². The van der Waals surface area contributed by atoms with Gasteiger partial charge in [-0.2, -0.15) is 18.4 Å². The summed E-state index contributed by atoms with van der Waals surface area (Å²) in [6, 6.07) is 12.3. The molecular weight excluding hydrogens is 475 g/mol. The maximum atomic E-state index is 13.0. The predicted octanol–water partition coefficient (Wildman–Crippen LogP) is 4.84. The molecule has 1 aliphatic heterocycles. The van der Waals surface area contributed by atoms with Gasteiger partial charge in [0.2, 0.25) is 5.91 Å². The summed E-state index contributed by atoms with van der Waals surface area (Å²) in [5, 5.41) is 21.3. The molecule has 3 aromatic rings. The number of aromatic nitrogens is 1. The molecule has 0 spiro atoms. The van der Waals surface area contributed by atoms with E-state index in [-0.39, 0.29) is 37.8 Å². The number of aryl methyl sites for hydroxylation is 1. The average molecular weight is 497 g/mol. The number of fused-ring (bicyclic) bond motifs is 1. The number of hydrogen-bond acceptors (Lipinski definition) is 5. The summed E-state index contributed by atoms with van der Waals surface area (Å²) in [5.74, 6) is -0.231. The Bertz CT molecular complexity index is 1370. The fourth-order valence-corrected chi connectivity index (χ4v) is 4.31. The van der Waals surface area contributed by atoms with Gasteiger partial charge in [0, 0.05) is 67.5 Å². The van der Waals surface area contributed by atoms with Gasteiger partial charge in [-0.1, -0.05) is 18.2 Å². The number of amides is 1. The summed E-state index contributed by atoms with van der Waals surface area (Å²) < 4.78 is 40.9. The predicted molar refractivity (Wildman–Crippen MR) is 128 cm³/mol. The lowest BCUT2D eigenvalue weighted by molar-refractivity contribution is -0.384. The number of nitriles is 1. The van der Waals surface area contributed by atoms with Crippen molar-refractivity contribution in [1.82, 2.24) is 9.47 Å². The SMILES string of the molecule is N#CCCn1cc(/C=C/C(=O)N2CCN(c3ccc(C(F)(F)F)cc3[N+](=O)[O-])CC2)c2ccccc21. The Morgan fingerprint density at radius 1 is 1.14 bits per heavy atom. The number of para-hydroxylation sites is 1. The van der Waals surface area contributed by atoms with Crippen LogP contribution < -0.4 is 4.90 Å². The van der Waals surface area contributed by atoms with Crippen molar-refractivity contribution >= 4 is 34.3 Å². The molecule has 2 heterocycles. The second-order valence-electron chi connectivity index (χ2n) is 8.31. The number of nitrogens with zero attached hydrogens (tertiary/aromatic N) is 5. The Kier molecular flexibility index (Phi) is 6.96. The van der Waals surface area contributed by atoms with Crippen LogP contribution in [0.5, 0.6) is 0 Å². The van der Waals surface area contributed by atoms with Crippen molar-refractivity contribution in [1.29, 1.82) is 5.26 Å². The highest BCUT2D eigenvalue weighted by Gasteiger charge is 2.34. The standard InChI is InChI=1S/C25H22F3N5O3/c26-25(27,28)19-7-8-22(23(16-19)33(35)36)30-12-14-31(15-13-30)24(34)9-6-18-17-32(11-3-10-29)21-5-2-1-4-20(18)21/h1-2,4-9,16-17H,3,11-15H2/b9-6+. The molecule has 0 bridgehead atoms. The highest BCUT2D eigenvalue weighted by atomic mass is 19.4. The molecule has 0 unspecified atom stereocenters. The minimum absolute atomic E-state index is 0.0980. The van der Waals surface area contributed by atoms with Gasteiger partial charge in [-0.3, -0.25) is 14.9 Å². The van der Waals surface area contributed by atoms with Crippen LogP contribution in [-0.2, 0) is 17.5 Å². The first-order chi connectivity index (χ1) is 17.2. The number of carbonyl (C=O) groups excluding carboxylic acids is 1. The first-order valence-corrected chi connectivity index (χ1v) is 11.2. The summed E-state index contributed by atoms with van der Waals surface area (Å²) in [6.07, 6.45) is 0.769. The van der Waals surface area contributed by atoms with Crippen molar-refractivity contribution < 1.29 is 22.9 Å². The van der Waals surface area contributed by atoms with Gasteiger partial charge in [-0.05, 0) is 24.3 Å². The van der Waals surface area contributed by atoms with Crippen molar-refractivity contribution in [2.24, 2.45) is 0 Å². The highest BCUT2D eigenvalue weighted by molar-refractivity contribution is 5.96. The molecule has 0 atom stereocenters. The summed E-state index contributed by atoms with van der Waals surface area (Å²) in [5.41, 5.74) is 0.214. The van der Waals surface area contributed by atoms with Crippen LogP contribution in [0.4, 0.5) is 24.5 Å². The maximum Gasteiger partial charge on any atom is 0.416 e. The van der Waals surface area contributed by atoms with E-state index in [1.165, 1.54) is 6.08 Å². The van der Waals surface area contributed by atoms with Crippen LogP contribution >= 0.6 is 0 Å². The quantitative estimate of drug-likeness (QED) is 0.276. The van der Waals surface area contributed by atoms with E-state index >= 15 is 0 Å². The molecular formula is C25H22F3N5O3. The molecule has 0 N–H and O–H groups in total. The fraction of sp³-hybridized carbons (Fsp3) is 0.280. The van der Waals surface area contributed by atoms with Crippen LogP contribution in [0.25, 0.3) is 17.0 Å². The number of carbonyl (C=O) groups is 1. The average Bonchev–Trinajstić information content (AvgIpc) is 3.22. The zero-order valence-corrected chi connectivity index (χ0v) is 19.1. The third-order valence-corrected chi connectivity index (χ3v) is 6.12. The molecule has 1 saturated heterocycles. The largest absolute Gasteiger partial charge is 0.416 e. The molecule has 1 aromatic heterocycles. The number of hydrogen-bond donors (Lipinski definition) is 0. The molecule has 36 heavy (non-hydrogen) atoms. The second-order valence-corrected chi connectivity index (χ2v) is 8.31. The minimum atomic E-state index is -4.68. The zero-order chi connectivity index (χ0) is 25.9. The first kappa shape index (κ1) is 24.8. The van der Waals surface area contributed by atoms with Gasteiger partial charge in [-0.15, -0.1) is 0 Å². The van der Waals surface area contributed by atoms with Gasteiger partial charge in [-0.25, -0.2) is 0 Å². The van der Waals surface area contributed by atoms with Crippen LogP contribution in [-0.4, -0.2) is 46.5 Å². The summed E-state index contributed by atoms with van der Waals surface area (Å²) in [6.45, 7) is 1.58. The number of nitro benzene ring substituents is 1. The van der Waals surface area contributed by atoms with E-state index in [4.69, 9.17) is 5.26 Å². The van der Waals surface area contributed by atoms with Crippen molar-refractivity contribution in [3.8, 4) is 6.07 Å². The molecule has 2 aromatic carbocycles. The second kappa shape index (κ2) is 10.1. The molecule has 0 saturated carbocycles. The molecule has 0 radical (unpaired) electrons. The van der Waals surface area contributed by atoms with Gasteiger partial charge < -0.3 is 14.4 Å². The lowest BCUT2D eigenvalue weighted by atomic mass is 10.1. The lowest BCUT2D eigenvalue weighted by Crippen LogP contribution is -2.48. The topological polar surface area (TPSA) is 95.4 Å². The Balaban J connectivity index is 1.45. The lowest BCUT2D eigenvalue weighted by Gasteiger charge is -2.35. The number of nitro groups is 1.